The van der Waals surface area contributed by atoms with Gasteiger partial charge in [0, 0.05) is 35.9 Å². The largest absolute Gasteiger partial charge is 0.343 e. The van der Waals surface area contributed by atoms with E-state index in [0.29, 0.717) is 16.9 Å². The third-order valence-electron chi connectivity index (χ3n) is 3.23. The second kappa shape index (κ2) is 5.36. The monoisotopic (exact) mass is 326 g/mol. The lowest BCUT2D eigenvalue weighted by molar-refractivity contribution is 0.411. The van der Waals surface area contributed by atoms with E-state index in [1.165, 1.54) is 0 Å². The lowest BCUT2D eigenvalue weighted by atomic mass is 10.3. The van der Waals surface area contributed by atoms with Crippen LogP contribution in [0.5, 0.6) is 0 Å². The molecule has 8 heteroatoms. The average molecular weight is 327 g/mol. The van der Waals surface area contributed by atoms with Crippen molar-refractivity contribution in [2.75, 3.05) is 0 Å². The summed E-state index contributed by atoms with van der Waals surface area (Å²) in [5, 5.41) is 4.42. The minimum absolute atomic E-state index is 0.401. The number of aromatic amines is 1. The Morgan fingerprint density at radius 3 is 2.96 bits per heavy atom. The highest BCUT2D eigenvalue weighted by Crippen LogP contribution is 2.19. The highest BCUT2D eigenvalue weighted by atomic mass is 35.5. The van der Waals surface area contributed by atoms with E-state index in [0.717, 1.165) is 22.7 Å². The number of rotatable bonds is 3. The fraction of sp³-hybridized carbons (Fsp3) is 0.0667. The minimum Gasteiger partial charge on any atom is -0.343 e. The Morgan fingerprint density at radius 2 is 2.13 bits per heavy atom. The lowest BCUT2D eigenvalue weighted by Crippen LogP contribution is -1.87. The molecule has 0 spiro atoms. The van der Waals surface area contributed by atoms with Crippen LogP contribution < -0.4 is 0 Å². The topological polar surface area (TPSA) is 84.9 Å². The fourth-order valence-corrected chi connectivity index (χ4v) is 2.37. The fourth-order valence-electron chi connectivity index (χ4n) is 2.18. The van der Waals surface area contributed by atoms with Gasteiger partial charge in [-0.25, -0.2) is 9.97 Å². The van der Waals surface area contributed by atoms with Crippen molar-refractivity contribution in [1.29, 1.82) is 0 Å². The van der Waals surface area contributed by atoms with Gasteiger partial charge in [0.05, 0.1) is 0 Å². The molecule has 0 saturated heterocycles. The van der Waals surface area contributed by atoms with E-state index in [2.05, 4.69) is 25.1 Å². The highest BCUT2D eigenvalue weighted by Gasteiger charge is 2.08. The van der Waals surface area contributed by atoms with Crippen molar-refractivity contribution >= 4 is 29.4 Å². The molecule has 0 aliphatic heterocycles. The van der Waals surface area contributed by atoms with Crippen LogP contribution in [0.1, 0.15) is 17.4 Å². The van der Waals surface area contributed by atoms with Gasteiger partial charge in [-0.3, -0.25) is 0 Å². The summed E-state index contributed by atoms with van der Waals surface area (Å²) in [6, 6.07) is 3.71. The first-order chi connectivity index (χ1) is 11.2. The standard InChI is InChI=1S/C15H11ClN6O/c1-9-6-17-12(18-9)3-5-14-20-15(21-23-14)10-2-4-13-19-11(16)8-22(13)7-10/h2-8H,1H3,(H,17,18)/b5-3+. The molecule has 0 aromatic carbocycles. The molecular weight excluding hydrogens is 316 g/mol. The maximum absolute atomic E-state index is 5.89. The number of H-pyrrole nitrogens is 1. The van der Waals surface area contributed by atoms with Crippen molar-refractivity contribution in [1.82, 2.24) is 29.5 Å². The number of pyridine rings is 1. The van der Waals surface area contributed by atoms with Crippen molar-refractivity contribution in [3.05, 3.63) is 53.3 Å². The molecule has 4 aromatic heterocycles. The van der Waals surface area contributed by atoms with Gasteiger partial charge in [0.15, 0.2) is 0 Å². The van der Waals surface area contributed by atoms with Crippen molar-refractivity contribution in [3.63, 3.8) is 0 Å². The minimum atomic E-state index is 0.401. The second-order valence-electron chi connectivity index (χ2n) is 4.99. The zero-order chi connectivity index (χ0) is 15.8. The lowest BCUT2D eigenvalue weighted by Gasteiger charge is -1.95. The number of hydrogen-bond acceptors (Lipinski definition) is 5. The number of halogens is 1. The number of aryl methyl sites for hydroxylation is 1. The molecule has 114 valence electrons. The van der Waals surface area contributed by atoms with Gasteiger partial charge >= 0.3 is 0 Å². The van der Waals surface area contributed by atoms with E-state index in [1.54, 1.807) is 24.5 Å². The van der Waals surface area contributed by atoms with Gasteiger partial charge in [-0.1, -0.05) is 16.8 Å². The number of imidazole rings is 2. The van der Waals surface area contributed by atoms with Crippen LogP contribution in [0.15, 0.2) is 35.2 Å². The Balaban J connectivity index is 1.62. The Bertz CT molecular complexity index is 1010. The van der Waals surface area contributed by atoms with Gasteiger partial charge < -0.3 is 13.9 Å². The third kappa shape index (κ3) is 2.74. The summed E-state index contributed by atoms with van der Waals surface area (Å²) in [5.74, 6) is 1.63. The molecule has 0 radical (unpaired) electrons. The van der Waals surface area contributed by atoms with E-state index in [4.69, 9.17) is 16.1 Å². The van der Waals surface area contributed by atoms with Crippen molar-refractivity contribution in [2.24, 2.45) is 0 Å². The zero-order valence-electron chi connectivity index (χ0n) is 12.1. The van der Waals surface area contributed by atoms with E-state index in [1.807, 2.05) is 29.7 Å². The Labute approximate surface area is 135 Å². The van der Waals surface area contributed by atoms with Crippen LogP contribution in [0.4, 0.5) is 0 Å². The summed E-state index contributed by atoms with van der Waals surface area (Å²) in [6.45, 7) is 1.94. The summed E-state index contributed by atoms with van der Waals surface area (Å²) in [5.41, 5.74) is 2.56. The summed E-state index contributed by atoms with van der Waals surface area (Å²) in [6.07, 6.45) is 8.82. The van der Waals surface area contributed by atoms with Crippen LogP contribution in [-0.4, -0.2) is 29.5 Å². The molecule has 0 fully saturated rings. The first kappa shape index (κ1) is 13.7. The quantitative estimate of drug-likeness (QED) is 0.624. The molecule has 0 saturated carbocycles. The van der Waals surface area contributed by atoms with E-state index < -0.39 is 0 Å². The average Bonchev–Trinajstić information content (AvgIpc) is 3.23. The van der Waals surface area contributed by atoms with Crippen molar-refractivity contribution < 1.29 is 4.52 Å². The molecule has 1 N–H and O–H groups in total. The van der Waals surface area contributed by atoms with E-state index in [9.17, 15) is 0 Å². The van der Waals surface area contributed by atoms with Crippen LogP contribution in [-0.2, 0) is 0 Å². The molecule has 0 amide bonds. The third-order valence-corrected chi connectivity index (χ3v) is 3.41. The van der Waals surface area contributed by atoms with Crippen LogP contribution in [0.3, 0.4) is 0 Å². The van der Waals surface area contributed by atoms with Crippen LogP contribution >= 0.6 is 11.6 Å². The Kier molecular flexibility index (Phi) is 3.20. The van der Waals surface area contributed by atoms with Gasteiger partial charge in [0.25, 0.3) is 5.89 Å². The molecule has 7 nitrogen and oxygen atoms in total. The number of aromatic nitrogens is 6. The molecule has 0 aliphatic rings. The van der Waals surface area contributed by atoms with Crippen molar-refractivity contribution in [3.8, 4) is 11.4 Å². The van der Waals surface area contributed by atoms with Gasteiger partial charge in [-0.05, 0) is 25.1 Å². The van der Waals surface area contributed by atoms with Crippen LogP contribution in [0.2, 0.25) is 5.15 Å². The maximum Gasteiger partial charge on any atom is 0.251 e. The molecule has 4 aromatic rings. The van der Waals surface area contributed by atoms with Gasteiger partial charge in [-0.2, -0.15) is 4.98 Å². The molecule has 4 heterocycles. The molecule has 4 rings (SSSR count). The molecule has 0 unspecified atom stereocenters. The number of nitrogens with one attached hydrogen (secondary N) is 1. The predicted molar refractivity (Wildman–Crippen MR) is 85.7 cm³/mol. The molecule has 0 bridgehead atoms. The Morgan fingerprint density at radius 1 is 1.22 bits per heavy atom. The normalized spacial score (nSPS) is 11.7. The number of hydrogen-bond donors (Lipinski definition) is 1. The van der Waals surface area contributed by atoms with Crippen LogP contribution in [0, 0.1) is 6.92 Å². The first-order valence-electron chi connectivity index (χ1n) is 6.85. The maximum atomic E-state index is 5.89. The SMILES string of the molecule is Cc1cnc(/C=C/c2nc(-c3ccc4nc(Cl)cn4c3)no2)[nH]1. The Hall–Kier alpha value is -2.93. The van der Waals surface area contributed by atoms with E-state index in [-0.39, 0.29) is 0 Å². The number of nitrogens with zero attached hydrogens (tertiary/aromatic N) is 5. The van der Waals surface area contributed by atoms with Gasteiger partial charge in [0.1, 0.15) is 16.6 Å². The molecule has 0 atom stereocenters. The molecular formula is C15H11ClN6O. The van der Waals surface area contributed by atoms with Crippen molar-refractivity contribution in [2.45, 2.75) is 6.92 Å². The van der Waals surface area contributed by atoms with Crippen LogP contribution in [0.25, 0.3) is 29.2 Å². The summed E-state index contributed by atoms with van der Waals surface area (Å²) < 4.78 is 7.04. The highest BCUT2D eigenvalue weighted by molar-refractivity contribution is 6.29. The zero-order valence-corrected chi connectivity index (χ0v) is 12.8. The first-order valence-corrected chi connectivity index (χ1v) is 7.23. The second-order valence-corrected chi connectivity index (χ2v) is 5.38. The smallest absolute Gasteiger partial charge is 0.251 e. The molecule has 0 aliphatic carbocycles. The predicted octanol–water partition coefficient (Wildman–Crippen LogP) is 3.24. The van der Waals surface area contributed by atoms with Gasteiger partial charge in [0.2, 0.25) is 5.82 Å². The molecule has 23 heavy (non-hydrogen) atoms. The van der Waals surface area contributed by atoms with E-state index >= 15 is 0 Å². The summed E-state index contributed by atoms with van der Waals surface area (Å²) >= 11 is 5.89. The van der Waals surface area contributed by atoms with Gasteiger partial charge in [-0.15, -0.1) is 0 Å². The summed E-state index contributed by atoms with van der Waals surface area (Å²) in [4.78, 5) is 15.8. The number of fused-ring (bicyclic) bond motifs is 1. The summed E-state index contributed by atoms with van der Waals surface area (Å²) in [7, 11) is 0.